The van der Waals surface area contributed by atoms with Gasteiger partial charge < -0.3 is 19.3 Å². The smallest absolute Gasteiger partial charge is 0.252 e. The van der Waals surface area contributed by atoms with E-state index >= 15 is 0 Å². The van der Waals surface area contributed by atoms with Crippen LogP contribution in [0.5, 0.6) is 5.75 Å². The summed E-state index contributed by atoms with van der Waals surface area (Å²) < 4.78 is 11.4. The zero-order valence-corrected chi connectivity index (χ0v) is 13.7. The van der Waals surface area contributed by atoms with Crippen LogP contribution in [0.3, 0.4) is 0 Å². The van der Waals surface area contributed by atoms with E-state index in [0.717, 1.165) is 42.9 Å². The summed E-state index contributed by atoms with van der Waals surface area (Å²) in [5.74, 6) is 1.65. The van der Waals surface area contributed by atoms with E-state index in [4.69, 9.17) is 9.47 Å². The topological polar surface area (TPSA) is 54.9 Å². The maximum Gasteiger partial charge on any atom is 0.252 e. The molecule has 3 heterocycles. The van der Waals surface area contributed by atoms with Crippen LogP contribution in [0.15, 0.2) is 30.2 Å². The minimum absolute atomic E-state index is 0.00644. The highest BCUT2D eigenvalue weighted by atomic mass is 16.5. The third kappa shape index (κ3) is 3.57. The summed E-state index contributed by atoms with van der Waals surface area (Å²) in [6.07, 6.45) is 5.92. The van der Waals surface area contributed by atoms with Crippen molar-refractivity contribution in [2.24, 2.45) is 0 Å². The summed E-state index contributed by atoms with van der Waals surface area (Å²) in [4.78, 5) is 20.6. The second kappa shape index (κ2) is 6.89. The van der Waals surface area contributed by atoms with E-state index in [2.05, 4.69) is 4.98 Å². The lowest BCUT2D eigenvalue weighted by molar-refractivity contribution is -0.126. The van der Waals surface area contributed by atoms with Crippen molar-refractivity contribution in [1.29, 1.82) is 0 Å². The van der Waals surface area contributed by atoms with Gasteiger partial charge in [-0.05, 0) is 25.0 Å². The summed E-state index contributed by atoms with van der Waals surface area (Å²) in [5, 5.41) is 0. The number of hydrogen-bond acceptors (Lipinski definition) is 5. The first kappa shape index (κ1) is 15.6. The molecule has 6 nitrogen and oxygen atoms in total. The maximum absolute atomic E-state index is 12.5. The number of carbonyl (C=O) groups excluding carboxylic acids is 1. The van der Waals surface area contributed by atoms with Crippen molar-refractivity contribution in [3.05, 3.63) is 30.2 Å². The summed E-state index contributed by atoms with van der Waals surface area (Å²) >= 11 is 0. The fourth-order valence-corrected chi connectivity index (χ4v) is 2.92. The van der Waals surface area contributed by atoms with Crippen molar-refractivity contribution < 1.29 is 14.3 Å². The Morgan fingerprint density at radius 3 is 3.09 bits per heavy atom. The van der Waals surface area contributed by atoms with Gasteiger partial charge in [-0.25, -0.2) is 4.98 Å². The molecule has 0 aromatic carbocycles. The number of aromatic nitrogens is 1. The minimum atomic E-state index is 0.00644. The van der Waals surface area contributed by atoms with Crippen LogP contribution in [0.1, 0.15) is 19.3 Å². The molecule has 1 aromatic heterocycles. The molecule has 0 aliphatic carbocycles. The van der Waals surface area contributed by atoms with E-state index in [0.29, 0.717) is 13.2 Å². The second-order valence-electron chi connectivity index (χ2n) is 6.12. The average molecular weight is 317 g/mol. The third-order valence-electron chi connectivity index (χ3n) is 4.11. The molecule has 1 atom stereocenters. The molecule has 0 saturated carbocycles. The second-order valence-corrected chi connectivity index (χ2v) is 6.12. The fourth-order valence-electron chi connectivity index (χ4n) is 2.92. The van der Waals surface area contributed by atoms with Gasteiger partial charge in [-0.3, -0.25) is 4.79 Å². The largest absolute Gasteiger partial charge is 0.501 e. The Morgan fingerprint density at radius 2 is 2.35 bits per heavy atom. The number of anilines is 1. The average Bonchev–Trinajstić information content (AvgIpc) is 3.04. The fraction of sp³-hybridized carbons (Fsp3) is 0.529. The highest BCUT2D eigenvalue weighted by Crippen LogP contribution is 2.27. The van der Waals surface area contributed by atoms with Crippen molar-refractivity contribution in [1.82, 2.24) is 9.88 Å². The van der Waals surface area contributed by atoms with E-state index in [-0.39, 0.29) is 12.0 Å². The summed E-state index contributed by atoms with van der Waals surface area (Å²) in [6.45, 7) is 2.03. The molecule has 1 amide bonds. The third-order valence-corrected chi connectivity index (χ3v) is 4.11. The summed E-state index contributed by atoms with van der Waals surface area (Å²) in [5.41, 5.74) is 0.771. The van der Waals surface area contributed by atoms with Crippen molar-refractivity contribution in [2.45, 2.75) is 25.4 Å². The van der Waals surface area contributed by atoms with Gasteiger partial charge in [0.15, 0.2) is 11.6 Å². The predicted octanol–water partition coefficient (Wildman–Crippen LogP) is 1.82. The molecule has 1 aromatic rings. The maximum atomic E-state index is 12.5. The van der Waals surface area contributed by atoms with Crippen LogP contribution in [0.2, 0.25) is 0 Å². The standard InChI is InChI=1S/C17H23N3O3/c1-19(2)16-15(6-3-8-18-16)23-14-7-9-20(11-14)17(21)13-5-4-10-22-12-13/h3,6,8,12,14H,4-5,7,9-11H2,1-2H3. The zero-order chi connectivity index (χ0) is 16.2. The Morgan fingerprint density at radius 1 is 1.48 bits per heavy atom. The van der Waals surface area contributed by atoms with Gasteiger partial charge in [-0.15, -0.1) is 0 Å². The first-order valence-corrected chi connectivity index (χ1v) is 8.04. The van der Waals surface area contributed by atoms with Gasteiger partial charge in [0.05, 0.1) is 25.0 Å². The molecule has 0 spiro atoms. The van der Waals surface area contributed by atoms with Crippen molar-refractivity contribution in [3.8, 4) is 5.75 Å². The molecule has 124 valence electrons. The van der Waals surface area contributed by atoms with Crippen LogP contribution in [-0.2, 0) is 9.53 Å². The van der Waals surface area contributed by atoms with Crippen LogP contribution in [0.4, 0.5) is 5.82 Å². The van der Waals surface area contributed by atoms with Gasteiger partial charge in [0.2, 0.25) is 0 Å². The molecule has 1 unspecified atom stereocenters. The lowest BCUT2D eigenvalue weighted by Gasteiger charge is -2.22. The Bertz CT molecular complexity index is 601. The van der Waals surface area contributed by atoms with Crippen molar-refractivity contribution >= 4 is 11.7 Å². The lowest BCUT2D eigenvalue weighted by Crippen LogP contribution is -2.32. The van der Waals surface area contributed by atoms with Gasteiger partial charge in [-0.1, -0.05) is 0 Å². The van der Waals surface area contributed by atoms with E-state index in [1.807, 2.05) is 36.0 Å². The number of pyridine rings is 1. The number of hydrogen-bond donors (Lipinski definition) is 0. The Kier molecular flexibility index (Phi) is 4.69. The molecule has 1 fully saturated rings. The van der Waals surface area contributed by atoms with Crippen LogP contribution >= 0.6 is 0 Å². The summed E-state index contributed by atoms with van der Waals surface area (Å²) in [7, 11) is 3.88. The van der Waals surface area contributed by atoms with Gasteiger partial charge in [0, 0.05) is 33.3 Å². The SMILES string of the molecule is CN(C)c1ncccc1OC1CCN(C(=O)C2=COCCC2)C1. The number of likely N-dealkylation sites (tertiary alicyclic amines) is 1. The van der Waals surface area contributed by atoms with E-state index in [1.165, 1.54) is 0 Å². The van der Waals surface area contributed by atoms with Crippen molar-refractivity contribution in [3.63, 3.8) is 0 Å². The van der Waals surface area contributed by atoms with Gasteiger partial charge in [0.25, 0.3) is 5.91 Å². The highest BCUT2D eigenvalue weighted by Gasteiger charge is 2.30. The number of amides is 1. The number of nitrogens with zero attached hydrogens (tertiary/aromatic N) is 3. The normalized spacial score (nSPS) is 20.7. The molecule has 2 aliphatic heterocycles. The monoisotopic (exact) mass is 317 g/mol. The minimum Gasteiger partial charge on any atom is -0.501 e. The predicted molar refractivity (Wildman–Crippen MR) is 87.4 cm³/mol. The van der Waals surface area contributed by atoms with Crippen LogP contribution in [0.25, 0.3) is 0 Å². The Labute approximate surface area is 136 Å². The molecule has 0 N–H and O–H groups in total. The first-order valence-electron chi connectivity index (χ1n) is 8.04. The molecule has 0 bridgehead atoms. The van der Waals surface area contributed by atoms with Crippen LogP contribution < -0.4 is 9.64 Å². The van der Waals surface area contributed by atoms with E-state index in [1.54, 1.807) is 12.5 Å². The number of ether oxygens (including phenoxy) is 2. The number of carbonyl (C=O) groups is 1. The quantitative estimate of drug-likeness (QED) is 0.848. The Balaban J connectivity index is 1.62. The number of rotatable bonds is 4. The molecule has 0 radical (unpaired) electrons. The van der Waals surface area contributed by atoms with Gasteiger partial charge in [0.1, 0.15) is 6.10 Å². The highest BCUT2D eigenvalue weighted by molar-refractivity contribution is 5.93. The molecular formula is C17H23N3O3. The summed E-state index contributed by atoms with van der Waals surface area (Å²) in [6, 6.07) is 3.79. The van der Waals surface area contributed by atoms with Crippen LogP contribution in [0, 0.1) is 0 Å². The molecule has 23 heavy (non-hydrogen) atoms. The molecule has 6 heteroatoms. The first-order chi connectivity index (χ1) is 11.1. The van der Waals surface area contributed by atoms with Gasteiger partial charge >= 0.3 is 0 Å². The zero-order valence-electron chi connectivity index (χ0n) is 13.7. The van der Waals surface area contributed by atoms with Crippen LogP contribution in [-0.4, -0.2) is 55.7 Å². The van der Waals surface area contributed by atoms with E-state index < -0.39 is 0 Å². The molecular weight excluding hydrogens is 294 g/mol. The molecule has 2 aliphatic rings. The van der Waals surface area contributed by atoms with E-state index in [9.17, 15) is 4.79 Å². The Hall–Kier alpha value is -2.24. The molecule has 1 saturated heterocycles. The van der Waals surface area contributed by atoms with Gasteiger partial charge in [-0.2, -0.15) is 0 Å². The lowest BCUT2D eigenvalue weighted by atomic mass is 10.1. The molecule has 3 rings (SSSR count). The van der Waals surface area contributed by atoms with Crippen molar-refractivity contribution in [2.75, 3.05) is 38.7 Å².